The maximum atomic E-state index is 13.7. The molecule has 0 radical (unpaired) electrons. The van der Waals surface area contributed by atoms with Crippen LogP contribution in [0.1, 0.15) is 28.9 Å². The van der Waals surface area contributed by atoms with Crippen LogP contribution in [0.3, 0.4) is 0 Å². The molecule has 0 saturated heterocycles. The van der Waals surface area contributed by atoms with E-state index in [2.05, 4.69) is 27.8 Å². The van der Waals surface area contributed by atoms with Gasteiger partial charge >= 0.3 is 0 Å². The van der Waals surface area contributed by atoms with Crippen LogP contribution < -0.4 is 4.74 Å². The summed E-state index contributed by atoms with van der Waals surface area (Å²) in [6.45, 7) is 2.06. The van der Waals surface area contributed by atoms with Gasteiger partial charge in [0.15, 0.2) is 11.6 Å². The SMILES string of the molecule is COc1ccc(C(Br)C(C)c2ccccn2)cc1F. The zero-order valence-electron chi connectivity index (χ0n) is 10.8. The van der Waals surface area contributed by atoms with Crippen LogP contribution in [0.25, 0.3) is 0 Å². The lowest BCUT2D eigenvalue weighted by Gasteiger charge is -2.18. The molecule has 100 valence electrons. The average molecular weight is 324 g/mol. The topological polar surface area (TPSA) is 22.1 Å². The van der Waals surface area contributed by atoms with Crippen LogP contribution in [0.4, 0.5) is 4.39 Å². The highest BCUT2D eigenvalue weighted by Crippen LogP contribution is 2.37. The standard InChI is InChI=1S/C15H15BrFNO/c1-10(13-5-3-4-8-18-13)15(16)11-6-7-14(19-2)12(17)9-11/h3-10,15H,1-2H3. The van der Waals surface area contributed by atoms with Gasteiger partial charge < -0.3 is 4.74 Å². The molecule has 2 aromatic rings. The van der Waals surface area contributed by atoms with Crippen molar-refractivity contribution in [1.29, 1.82) is 0 Å². The largest absolute Gasteiger partial charge is 0.494 e. The first kappa shape index (κ1) is 14.0. The van der Waals surface area contributed by atoms with E-state index in [1.165, 1.54) is 13.2 Å². The summed E-state index contributed by atoms with van der Waals surface area (Å²) >= 11 is 3.62. The smallest absolute Gasteiger partial charge is 0.165 e. The molecule has 19 heavy (non-hydrogen) atoms. The minimum Gasteiger partial charge on any atom is -0.494 e. The van der Waals surface area contributed by atoms with Crippen molar-refractivity contribution in [2.45, 2.75) is 17.7 Å². The van der Waals surface area contributed by atoms with Crippen molar-refractivity contribution < 1.29 is 9.13 Å². The summed E-state index contributed by atoms with van der Waals surface area (Å²) < 4.78 is 18.6. The highest BCUT2D eigenvalue weighted by Gasteiger charge is 2.20. The van der Waals surface area contributed by atoms with E-state index in [0.29, 0.717) is 0 Å². The molecule has 0 fully saturated rings. The predicted octanol–water partition coefficient (Wildman–Crippen LogP) is 4.47. The number of hydrogen-bond donors (Lipinski definition) is 0. The van der Waals surface area contributed by atoms with E-state index in [-0.39, 0.29) is 22.3 Å². The lowest BCUT2D eigenvalue weighted by molar-refractivity contribution is 0.386. The van der Waals surface area contributed by atoms with E-state index >= 15 is 0 Å². The molecule has 0 aliphatic rings. The van der Waals surface area contributed by atoms with Crippen molar-refractivity contribution in [2.24, 2.45) is 0 Å². The second-order valence-electron chi connectivity index (χ2n) is 4.34. The number of halogens is 2. The van der Waals surface area contributed by atoms with Gasteiger partial charge in [-0.05, 0) is 29.8 Å². The first-order valence-electron chi connectivity index (χ1n) is 6.02. The molecule has 2 rings (SSSR count). The van der Waals surface area contributed by atoms with Gasteiger partial charge in [-0.3, -0.25) is 4.98 Å². The molecule has 2 atom stereocenters. The number of benzene rings is 1. The third-order valence-electron chi connectivity index (χ3n) is 3.09. The second kappa shape index (κ2) is 6.15. The van der Waals surface area contributed by atoms with E-state index in [9.17, 15) is 4.39 Å². The average Bonchev–Trinajstić information content (AvgIpc) is 2.46. The van der Waals surface area contributed by atoms with Crippen molar-refractivity contribution in [2.75, 3.05) is 7.11 Å². The summed E-state index contributed by atoms with van der Waals surface area (Å²) in [4.78, 5) is 4.34. The van der Waals surface area contributed by atoms with Crippen molar-refractivity contribution in [3.63, 3.8) is 0 Å². The van der Waals surface area contributed by atoms with Crippen molar-refractivity contribution in [3.05, 3.63) is 59.7 Å². The molecule has 0 amide bonds. The molecule has 0 bridgehead atoms. The predicted molar refractivity (Wildman–Crippen MR) is 77.3 cm³/mol. The number of aromatic nitrogens is 1. The van der Waals surface area contributed by atoms with Crippen molar-refractivity contribution >= 4 is 15.9 Å². The Kier molecular flexibility index (Phi) is 4.53. The Morgan fingerprint density at radius 1 is 1.26 bits per heavy atom. The lowest BCUT2D eigenvalue weighted by Crippen LogP contribution is -2.04. The second-order valence-corrected chi connectivity index (χ2v) is 5.33. The third-order valence-corrected chi connectivity index (χ3v) is 4.41. The van der Waals surface area contributed by atoms with Gasteiger partial charge in [0.05, 0.1) is 7.11 Å². The number of methoxy groups -OCH3 is 1. The van der Waals surface area contributed by atoms with Crippen LogP contribution in [-0.2, 0) is 0 Å². The van der Waals surface area contributed by atoms with Gasteiger partial charge in [0.25, 0.3) is 0 Å². The zero-order valence-corrected chi connectivity index (χ0v) is 12.4. The Hall–Kier alpha value is -1.42. The maximum Gasteiger partial charge on any atom is 0.165 e. The van der Waals surface area contributed by atoms with Crippen LogP contribution in [0.2, 0.25) is 0 Å². The molecular weight excluding hydrogens is 309 g/mol. The molecule has 0 aliphatic carbocycles. The van der Waals surface area contributed by atoms with Gasteiger partial charge in [-0.15, -0.1) is 0 Å². The number of rotatable bonds is 4. The highest BCUT2D eigenvalue weighted by atomic mass is 79.9. The minimum absolute atomic E-state index is 0.00260. The first-order valence-corrected chi connectivity index (χ1v) is 6.93. The summed E-state index contributed by atoms with van der Waals surface area (Å²) in [5, 5.41) is 0. The Balaban J connectivity index is 2.24. The quantitative estimate of drug-likeness (QED) is 0.774. The normalized spacial score (nSPS) is 13.9. The van der Waals surface area contributed by atoms with Gasteiger partial charge in [-0.2, -0.15) is 0 Å². The highest BCUT2D eigenvalue weighted by molar-refractivity contribution is 9.09. The fraction of sp³-hybridized carbons (Fsp3) is 0.267. The molecule has 2 unspecified atom stereocenters. The lowest BCUT2D eigenvalue weighted by atomic mass is 9.97. The van der Waals surface area contributed by atoms with Gasteiger partial charge in [0.1, 0.15) is 0 Å². The van der Waals surface area contributed by atoms with Crippen LogP contribution in [0, 0.1) is 5.82 Å². The monoisotopic (exact) mass is 323 g/mol. The molecule has 0 aliphatic heterocycles. The van der Waals surface area contributed by atoms with Gasteiger partial charge in [-0.1, -0.05) is 35.0 Å². The number of nitrogens with zero attached hydrogens (tertiary/aromatic N) is 1. The van der Waals surface area contributed by atoms with E-state index < -0.39 is 0 Å². The number of ether oxygens (including phenoxy) is 1. The van der Waals surface area contributed by atoms with Crippen LogP contribution in [-0.4, -0.2) is 12.1 Å². The van der Waals surface area contributed by atoms with Crippen LogP contribution in [0.5, 0.6) is 5.75 Å². The number of alkyl halides is 1. The number of hydrogen-bond acceptors (Lipinski definition) is 2. The molecule has 0 N–H and O–H groups in total. The van der Waals surface area contributed by atoms with E-state index in [4.69, 9.17) is 4.74 Å². The van der Waals surface area contributed by atoms with Gasteiger partial charge in [0.2, 0.25) is 0 Å². The minimum atomic E-state index is -0.349. The molecule has 0 spiro atoms. The van der Waals surface area contributed by atoms with Crippen molar-refractivity contribution in [1.82, 2.24) is 4.98 Å². The molecule has 4 heteroatoms. The summed E-state index contributed by atoms with van der Waals surface area (Å²) in [5.74, 6) is 0.0561. The zero-order chi connectivity index (χ0) is 13.8. The van der Waals surface area contributed by atoms with E-state index in [1.807, 2.05) is 24.3 Å². The fourth-order valence-electron chi connectivity index (χ4n) is 1.94. The molecule has 1 heterocycles. The summed E-state index contributed by atoms with van der Waals surface area (Å²) in [6, 6.07) is 10.8. The van der Waals surface area contributed by atoms with Gasteiger partial charge in [0, 0.05) is 22.6 Å². The van der Waals surface area contributed by atoms with Crippen molar-refractivity contribution in [3.8, 4) is 5.75 Å². The van der Waals surface area contributed by atoms with Crippen LogP contribution >= 0.6 is 15.9 Å². The Labute approximate surface area is 120 Å². The molecule has 1 aromatic carbocycles. The molecular formula is C15H15BrFNO. The van der Waals surface area contributed by atoms with E-state index in [1.54, 1.807) is 12.3 Å². The summed E-state index contributed by atoms with van der Waals surface area (Å²) in [7, 11) is 1.46. The maximum absolute atomic E-state index is 13.7. The molecule has 0 saturated carbocycles. The summed E-state index contributed by atoms with van der Waals surface area (Å²) in [5.41, 5.74) is 1.84. The molecule has 1 aromatic heterocycles. The van der Waals surface area contributed by atoms with E-state index in [0.717, 1.165) is 11.3 Å². The van der Waals surface area contributed by atoms with Crippen LogP contribution in [0.15, 0.2) is 42.6 Å². The number of pyridine rings is 1. The third kappa shape index (κ3) is 3.13. The Morgan fingerprint density at radius 2 is 2.05 bits per heavy atom. The Bertz CT molecular complexity index is 547. The Morgan fingerprint density at radius 3 is 2.63 bits per heavy atom. The fourth-order valence-corrected chi connectivity index (χ4v) is 2.49. The summed E-state index contributed by atoms with van der Waals surface area (Å²) in [6.07, 6.45) is 1.76. The van der Waals surface area contributed by atoms with Gasteiger partial charge in [-0.25, -0.2) is 4.39 Å². The molecule has 2 nitrogen and oxygen atoms in total. The first-order chi connectivity index (χ1) is 9.13.